The van der Waals surface area contributed by atoms with Gasteiger partial charge in [0, 0.05) is 32.2 Å². The van der Waals surface area contributed by atoms with Crippen molar-refractivity contribution >= 4 is 22.8 Å². The molecule has 0 unspecified atom stereocenters. The van der Waals surface area contributed by atoms with Crippen LogP contribution >= 0.6 is 11.6 Å². The number of fused-ring (bicyclic) bond motifs is 2. The Labute approximate surface area is 190 Å². The number of hydrogen-bond acceptors (Lipinski definition) is 4. The largest absolute Gasteiger partial charge is 0.332 e. The Morgan fingerprint density at radius 3 is 2.44 bits per heavy atom. The highest BCUT2D eigenvalue weighted by Gasteiger charge is 2.23. The Kier molecular flexibility index (Phi) is 5.23. The molecule has 32 heavy (non-hydrogen) atoms. The van der Waals surface area contributed by atoms with Gasteiger partial charge in [0.05, 0.1) is 13.1 Å². The lowest BCUT2D eigenvalue weighted by Gasteiger charge is -2.28. The van der Waals surface area contributed by atoms with Gasteiger partial charge in [0.25, 0.3) is 5.56 Å². The molecular formula is C24H24ClN5O2. The lowest BCUT2D eigenvalue weighted by Crippen LogP contribution is -2.37. The molecule has 0 saturated heterocycles. The third kappa shape index (κ3) is 3.47. The summed E-state index contributed by atoms with van der Waals surface area (Å²) in [6.07, 6.45) is 0.973. The van der Waals surface area contributed by atoms with Gasteiger partial charge < -0.3 is 4.57 Å². The van der Waals surface area contributed by atoms with Gasteiger partial charge >= 0.3 is 5.69 Å². The molecule has 0 amide bonds. The number of aryl methyl sites for hydroxylation is 1. The second-order valence-electron chi connectivity index (χ2n) is 8.31. The molecular weight excluding hydrogens is 426 g/mol. The van der Waals surface area contributed by atoms with Crippen LogP contribution < -0.4 is 11.2 Å². The highest BCUT2D eigenvalue weighted by molar-refractivity contribution is 6.31. The fraction of sp³-hybridized carbons (Fsp3) is 0.292. The highest BCUT2D eigenvalue weighted by Crippen LogP contribution is 2.23. The van der Waals surface area contributed by atoms with Gasteiger partial charge in [0.1, 0.15) is 5.82 Å². The van der Waals surface area contributed by atoms with Crippen molar-refractivity contribution in [2.75, 3.05) is 6.54 Å². The van der Waals surface area contributed by atoms with E-state index < -0.39 is 0 Å². The van der Waals surface area contributed by atoms with Crippen LogP contribution in [0, 0.1) is 0 Å². The van der Waals surface area contributed by atoms with Crippen LogP contribution in [-0.4, -0.2) is 30.1 Å². The van der Waals surface area contributed by atoms with Crippen molar-refractivity contribution in [3.8, 4) is 0 Å². The van der Waals surface area contributed by atoms with E-state index in [0.29, 0.717) is 29.3 Å². The van der Waals surface area contributed by atoms with Gasteiger partial charge in [-0.2, -0.15) is 0 Å². The number of rotatable bonds is 4. The molecule has 7 nitrogen and oxygen atoms in total. The molecule has 0 atom stereocenters. The minimum Gasteiger partial charge on any atom is -0.316 e. The van der Waals surface area contributed by atoms with E-state index in [2.05, 4.69) is 29.2 Å². The smallest absolute Gasteiger partial charge is 0.316 e. The number of nitrogens with zero attached hydrogens (tertiary/aromatic N) is 5. The molecule has 0 aliphatic carbocycles. The van der Waals surface area contributed by atoms with Crippen molar-refractivity contribution in [1.29, 1.82) is 0 Å². The van der Waals surface area contributed by atoms with E-state index in [0.717, 1.165) is 35.5 Å². The van der Waals surface area contributed by atoms with E-state index >= 15 is 0 Å². The third-order valence-electron chi connectivity index (χ3n) is 6.29. The molecule has 1 aliphatic rings. The zero-order valence-electron chi connectivity index (χ0n) is 18.1. The summed E-state index contributed by atoms with van der Waals surface area (Å²) in [7, 11) is 3.15. The molecule has 0 radical (unpaired) electrons. The SMILES string of the molecule is Cn1c(=O)c2c(nc(CN3CCc4ccccc4C3)n2Cc2ccccc2Cl)n(C)c1=O. The molecule has 4 aromatic rings. The van der Waals surface area contributed by atoms with Crippen molar-refractivity contribution in [2.45, 2.75) is 26.1 Å². The van der Waals surface area contributed by atoms with Gasteiger partial charge in [-0.05, 0) is 29.2 Å². The first-order valence-electron chi connectivity index (χ1n) is 10.6. The fourth-order valence-corrected chi connectivity index (χ4v) is 4.66. The molecule has 0 spiro atoms. The highest BCUT2D eigenvalue weighted by atomic mass is 35.5. The summed E-state index contributed by atoms with van der Waals surface area (Å²) >= 11 is 6.44. The van der Waals surface area contributed by atoms with Crippen LogP contribution in [0.5, 0.6) is 0 Å². The molecule has 5 rings (SSSR count). The first-order valence-corrected chi connectivity index (χ1v) is 11.0. The zero-order chi connectivity index (χ0) is 22.4. The Hall–Kier alpha value is -3.16. The quantitative estimate of drug-likeness (QED) is 0.480. The summed E-state index contributed by atoms with van der Waals surface area (Å²) in [6, 6.07) is 16.1. The average Bonchev–Trinajstić information content (AvgIpc) is 3.15. The Morgan fingerprint density at radius 1 is 0.938 bits per heavy atom. The number of imidazole rings is 1. The van der Waals surface area contributed by atoms with E-state index in [1.165, 1.54) is 22.7 Å². The molecule has 164 valence electrons. The van der Waals surface area contributed by atoms with E-state index in [1.54, 1.807) is 7.05 Å². The maximum Gasteiger partial charge on any atom is 0.332 e. The maximum atomic E-state index is 13.1. The van der Waals surface area contributed by atoms with Crippen molar-refractivity contribution in [3.05, 3.63) is 96.9 Å². The predicted molar refractivity (Wildman–Crippen MR) is 125 cm³/mol. The minimum absolute atomic E-state index is 0.349. The van der Waals surface area contributed by atoms with Gasteiger partial charge in [0.2, 0.25) is 0 Å². The Morgan fingerprint density at radius 2 is 1.66 bits per heavy atom. The monoisotopic (exact) mass is 449 g/mol. The van der Waals surface area contributed by atoms with Gasteiger partial charge in [0.15, 0.2) is 11.2 Å². The molecule has 0 saturated carbocycles. The number of aromatic nitrogens is 4. The number of hydrogen-bond donors (Lipinski definition) is 0. The minimum atomic E-state index is -0.386. The standard InChI is InChI=1S/C24H24ClN5O2/c1-27-22-21(23(31)28(2)24(27)32)30(14-18-9-5-6-10-19(18)25)20(26-22)15-29-12-11-16-7-3-4-8-17(16)13-29/h3-10H,11-15H2,1-2H3. The van der Waals surface area contributed by atoms with Gasteiger partial charge in [-0.3, -0.25) is 18.8 Å². The van der Waals surface area contributed by atoms with Crippen LogP contribution in [-0.2, 0) is 40.2 Å². The van der Waals surface area contributed by atoms with E-state index in [9.17, 15) is 9.59 Å². The van der Waals surface area contributed by atoms with Crippen LogP contribution in [0.3, 0.4) is 0 Å². The number of benzene rings is 2. The summed E-state index contributed by atoms with van der Waals surface area (Å²) in [6.45, 7) is 2.71. The first-order chi connectivity index (χ1) is 15.4. The zero-order valence-corrected chi connectivity index (χ0v) is 18.8. The Bertz CT molecular complexity index is 1450. The van der Waals surface area contributed by atoms with Crippen LogP contribution in [0.25, 0.3) is 11.2 Å². The maximum absolute atomic E-state index is 13.1. The molecule has 1 aliphatic heterocycles. The first kappa shape index (κ1) is 20.7. The van der Waals surface area contributed by atoms with Crippen LogP contribution in [0.4, 0.5) is 0 Å². The second-order valence-corrected chi connectivity index (χ2v) is 8.72. The topological polar surface area (TPSA) is 65.1 Å². The summed E-state index contributed by atoms with van der Waals surface area (Å²) in [5.41, 5.74) is 3.68. The molecule has 8 heteroatoms. The van der Waals surface area contributed by atoms with Crippen LogP contribution in [0.2, 0.25) is 5.02 Å². The van der Waals surface area contributed by atoms with Gasteiger partial charge in [-0.25, -0.2) is 9.78 Å². The summed E-state index contributed by atoms with van der Waals surface area (Å²) in [5, 5.41) is 0.633. The molecule has 2 aromatic heterocycles. The van der Waals surface area contributed by atoms with Crippen molar-refractivity contribution in [1.82, 2.24) is 23.6 Å². The average molecular weight is 450 g/mol. The van der Waals surface area contributed by atoms with E-state index in [1.807, 2.05) is 28.8 Å². The van der Waals surface area contributed by atoms with Crippen molar-refractivity contribution in [3.63, 3.8) is 0 Å². The molecule has 0 bridgehead atoms. The lowest BCUT2D eigenvalue weighted by atomic mass is 10.00. The summed E-state index contributed by atoms with van der Waals surface area (Å²) in [4.78, 5) is 32.7. The Balaban J connectivity index is 1.62. The lowest BCUT2D eigenvalue weighted by molar-refractivity contribution is 0.237. The van der Waals surface area contributed by atoms with Crippen molar-refractivity contribution in [2.24, 2.45) is 14.1 Å². The predicted octanol–water partition coefficient (Wildman–Crippen LogP) is 2.69. The molecule has 3 heterocycles. The summed E-state index contributed by atoms with van der Waals surface area (Å²) in [5.74, 6) is 0.748. The normalized spacial score (nSPS) is 14.1. The third-order valence-corrected chi connectivity index (χ3v) is 6.66. The number of halogens is 1. The van der Waals surface area contributed by atoms with E-state index in [4.69, 9.17) is 16.6 Å². The second kappa shape index (κ2) is 8.07. The van der Waals surface area contributed by atoms with E-state index in [-0.39, 0.29) is 11.2 Å². The molecule has 0 N–H and O–H groups in total. The van der Waals surface area contributed by atoms with Crippen LogP contribution in [0.1, 0.15) is 22.5 Å². The van der Waals surface area contributed by atoms with Gasteiger partial charge in [-0.15, -0.1) is 0 Å². The molecule has 2 aromatic carbocycles. The van der Waals surface area contributed by atoms with Gasteiger partial charge in [-0.1, -0.05) is 54.1 Å². The van der Waals surface area contributed by atoms with Crippen LogP contribution in [0.15, 0.2) is 58.1 Å². The van der Waals surface area contributed by atoms with Crippen molar-refractivity contribution < 1.29 is 0 Å². The summed E-state index contributed by atoms with van der Waals surface area (Å²) < 4.78 is 4.49. The molecule has 0 fully saturated rings. The fourth-order valence-electron chi connectivity index (χ4n) is 4.47.